The number of nitrogens with one attached hydrogen (secondary N) is 1. The predicted molar refractivity (Wildman–Crippen MR) is 80.8 cm³/mol. The number of hydrogen-bond donors (Lipinski definition) is 2. The number of carbonyl (C=O) groups is 2. The van der Waals surface area contributed by atoms with Gasteiger partial charge in [-0.25, -0.2) is 0 Å². The molecule has 0 saturated carbocycles. The summed E-state index contributed by atoms with van der Waals surface area (Å²) in [4.78, 5) is 23.9. The van der Waals surface area contributed by atoms with Crippen molar-refractivity contribution in [2.24, 2.45) is 5.41 Å². The highest BCUT2D eigenvalue weighted by Gasteiger charge is 2.31. The van der Waals surface area contributed by atoms with Gasteiger partial charge in [-0.1, -0.05) is 25.1 Å². The second-order valence-corrected chi connectivity index (χ2v) is 6.08. The van der Waals surface area contributed by atoms with E-state index in [1.807, 2.05) is 37.3 Å². The van der Waals surface area contributed by atoms with E-state index in [-0.39, 0.29) is 12.5 Å². The molecular weight excluding hydrogens is 274 g/mol. The van der Waals surface area contributed by atoms with E-state index in [0.29, 0.717) is 18.6 Å². The fourth-order valence-electron chi connectivity index (χ4n) is 1.51. The van der Waals surface area contributed by atoms with E-state index in [9.17, 15) is 9.59 Å². The molecule has 1 atom stereocenters. The zero-order valence-electron chi connectivity index (χ0n) is 11.9. The summed E-state index contributed by atoms with van der Waals surface area (Å²) in [5.74, 6) is -0.292. The fourth-order valence-corrected chi connectivity index (χ4v) is 2.38. The van der Waals surface area contributed by atoms with Gasteiger partial charge < -0.3 is 10.4 Å². The van der Waals surface area contributed by atoms with Crippen molar-refractivity contribution in [1.82, 2.24) is 5.32 Å². The molecule has 2 N–H and O–H groups in total. The first kappa shape index (κ1) is 16.6. The number of benzene rings is 1. The highest BCUT2D eigenvalue weighted by Crippen LogP contribution is 2.20. The first-order valence-electron chi connectivity index (χ1n) is 6.66. The monoisotopic (exact) mass is 295 g/mol. The van der Waals surface area contributed by atoms with Crippen LogP contribution < -0.4 is 5.32 Å². The molecule has 20 heavy (non-hydrogen) atoms. The van der Waals surface area contributed by atoms with Crippen molar-refractivity contribution in [2.45, 2.75) is 31.6 Å². The standard InChI is InChI=1S/C15H21NO3S/c1-3-15(2,14(18)19)11-16-13(17)9-10-20-12-7-5-4-6-8-12/h4-8H,3,9-11H2,1-2H3,(H,16,17)(H,18,19). The van der Waals surface area contributed by atoms with Crippen LogP contribution in [0.1, 0.15) is 26.7 Å². The molecule has 110 valence electrons. The summed E-state index contributed by atoms with van der Waals surface area (Å²) in [5, 5.41) is 11.8. The zero-order valence-corrected chi connectivity index (χ0v) is 12.7. The number of aliphatic carboxylic acids is 1. The van der Waals surface area contributed by atoms with Gasteiger partial charge in [0.1, 0.15) is 0 Å². The number of rotatable bonds is 8. The van der Waals surface area contributed by atoms with Crippen LogP contribution in [0.2, 0.25) is 0 Å². The molecule has 0 radical (unpaired) electrons. The van der Waals surface area contributed by atoms with Crippen molar-refractivity contribution >= 4 is 23.6 Å². The summed E-state index contributed by atoms with van der Waals surface area (Å²) >= 11 is 1.62. The fraction of sp³-hybridized carbons (Fsp3) is 0.467. The Morgan fingerprint density at radius 1 is 1.30 bits per heavy atom. The molecule has 0 heterocycles. The third-order valence-corrected chi connectivity index (χ3v) is 4.33. The van der Waals surface area contributed by atoms with Crippen molar-refractivity contribution in [3.8, 4) is 0 Å². The Labute approximate surface area is 124 Å². The van der Waals surface area contributed by atoms with Crippen molar-refractivity contribution in [3.63, 3.8) is 0 Å². The van der Waals surface area contributed by atoms with Gasteiger partial charge in [0, 0.05) is 23.6 Å². The third-order valence-electron chi connectivity index (χ3n) is 3.31. The summed E-state index contributed by atoms with van der Waals surface area (Å²) < 4.78 is 0. The van der Waals surface area contributed by atoms with Crippen LogP contribution in [0.3, 0.4) is 0 Å². The van der Waals surface area contributed by atoms with Gasteiger partial charge >= 0.3 is 5.97 Å². The molecule has 5 heteroatoms. The molecule has 4 nitrogen and oxygen atoms in total. The van der Waals surface area contributed by atoms with Crippen molar-refractivity contribution in [1.29, 1.82) is 0 Å². The summed E-state index contributed by atoms with van der Waals surface area (Å²) in [7, 11) is 0. The number of carbonyl (C=O) groups excluding carboxylic acids is 1. The molecule has 0 aliphatic rings. The quantitative estimate of drug-likeness (QED) is 0.724. The van der Waals surface area contributed by atoms with E-state index in [1.54, 1.807) is 18.7 Å². The largest absolute Gasteiger partial charge is 0.481 e. The number of carboxylic acid groups (broad SMARTS) is 1. The van der Waals surface area contributed by atoms with Crippen LogP contribution in [0.15, 0.2) is 35.2 Å². The first-order chi connectivity index (χ1) is 9.48. The van der Waals surface area contributed by atoms with Gasteiger partial charge in [-0.05, 0) is 25.5 Å². The van der Waals surface area contributed by atoms with Crippen LogP contribution >= 0.6 is 11.8 Å². The first-order valence-corrected chi connectivity index (χ1v) is 7.64. The predicted octanol–water partition coefficient (Wildman–Crippen LogP) is 2.79. The Kier molecular flexibility index (Phi) is 6.58. The molecular formula is C15H21NO3S. The lowest BCUT2D eigenvalue weighted by molar-refractivity contribution is -0.148. The molecule has 1 unspecified atom stereocenters. The zero-order chi connectivity index (χ0) is 15.0. The highest BCUT2D eigenvalue weighted by atomic mass is 32.2. The minimum absolute atomic E-state index is 0.102. The molecule has 0 bridgehead atoms. The number of amides is 1. The molecule has 0 fully saturated rings. The molecule has 1 aromatic rings. The van der Waals surface area contributed by atoms with E-state index in [0.717, 1.165) is 4.90 Å². The van der Waals surface area contributed by atoms with Gasteiger partial charge in [-0.15, -0.1) is 11.8 Å². The average Bonchev–Trinajstić information content (AvgIpc) is 2.45. The molecule has 0 spiro atoms. The molecule has 0 aliphatic carbocycles. The lowest BCUT2D eigenvalue weighted by Crippen LogP contribution is -2.40. The number of carboxylic acids is 1. The van der Waals surface area contributed by atoms with Crippen LogP contribution in [-0.4, -0.2) is 29.3 Å². The average molecular weight is 295 g/mol. The molecule has 0 saturated heterocycles. The van der Waals surface area contributed by atoms with E-state index in [4.69, 9.17) is 5.11 Å². The maximum Gasteiger partial charge on any atom is 0.311 e. The van der Waals surface area contributed by atoms with E-state index < -0.39 is 11.4 Å². The third kappa shape index (κ3) is 5.25. The highest BCUT2D eigenvalue weighted by molar-refractivity contribution is 7.99. The van der Waals surface area contributed by atoms with Gasteiger partial charge in [0.05, 0.1) is 5.41 Å². The lowest BCUT2D eigenvalue weighted by atomic mass is 9.88. The summed E-state index contributed by atoms with van der Waals surface area (Å²) in [5.41, 5.74) is -0.887. The molecule has 0 aliphatic heterocycles. The van der Waals surface area contributed by atoms with Crippen molar-refractivity contribution in [3.05, 3.63) is 30.3 Å². The van der Waals surface area contributed by atoms with Gasteiger partial charge in [-0.3, -0.25) is 9.59 Å². The minimum Gasteiger partial charge on any atom is -0.481 e. The van der Waals surface area contributed by atoms with Crippen LogP contribution in [0, 0.1) is 5.41 Å². The van der Waals surface area contributed by atoms with Crippen LogP contribution in [0.5, 0.6) is 0 Å². The Bertz CT molecular complexity index is 450. The van der Waals surface area contributed by atoms with E-state index in [1.165, 1.54) is 0 Å². The SMILES string of the molecule is CCC(C)(CNC(=O)CCSc1ccccc1)C(=O)O. The maximum atomic E-state index is 11.7. The van der Waals surface area contributed by atoms with E-state index >= 15 is 0 Å². The molecule has 1 aromatic carbocycles. The summed E-state index contributed by atoms with van der Waals surface area (Å²) in [6, 6.07) is 9.88. The van der Waals surface area contributed by atoms with Gasteiger partial charge in [0.15, 0.2) is 0 Å². The maximum absolute atomic E-state index is 11.7. The summed E-state index contributed by atoms with van der Waals surface area (Å²) in [6.45, 7) is 3.63. The molecule has 1 amide bonds. The van der Waals surface area contributed by atoms with Crippen LogP contribution in [0.4, 0.5) is 0 Å². The topological polar surface area (TPSA) is 66.4 Å². The van der Waals surface area contributed by atoms with E-state index in [2.05, 4.69) is 5.32 Å². The minimum atomic E-state index is -0.887. The molecule has 1 rings (SSSR count). The Morgan fingerprint density at radius 2 is 1.95 bits per heavy atom. The van der Waals surface area contributed by atoms with Crippen molar-refractivity contribution < 1.29 is 14.7 Å². The van der Waals surface area contributed by atoms with Gasteiger partial charge in [0.25, 0.3) is 0 Å². The number of thioether (sulfide) groups is 1. The second kappa shape index (κ2) is 7.94. The molecule has 0 aromatic heterocycles. The van der Waals surface area contributed by atoms with Gasteiger partial charge in [-0.2, -0.15) is 0 Å². The Hall–Kier alpha value is -1.49. The van der Waals surface area contributed by atoms with Crippen LogP contribution in [0.25, 0.3) is 0 Å². The Balaban J connectivity index is 2.29. The van der Waals surface area contributed by atoms with Gasteiger partial charge in [0.2, 0.25) is 5.91 Å². The Morgan fingerprint density at radius 3 is 2.50 bits per heavy atom. The second-order valence-electron chi connectivity index (χ2n) is 4.91. The lowest BCUT2D eigenvalue weighted by Gasteiger charge is -2.23. The van der Waals surface area contributed by atoms with Crippen molar-refractivity contribution in [2.75, 3.05) is 12.3 Å². The smallest absolute Gasteiger partial charge is 0.311 e. The van der Waals surface area contributed by atoms with Crippen LogP contribution in [-0.2, 0) is 9.59 Å². The number of hydrogen-bond acceptors (Lipinski definition) is 3. The normalized spacial score (nSPS) is 13.5. The summed E-state index contributed by atoms with van der Waals surface area (Å²) in [6.07, 6.45) is 0.875.